The molecule has 0 spiro atoms. The van der Waals surface area contributed by atoms with Gasteiger partial charge in [-0.05, 0) is 49.3 Å². The fourth-order valence-corrected chi connectivity index (χ4v) is 4.41. The molecular formula is C25H35IN4. The fourth-order valence-electron chi connectivity index (χ4n) is 4.41. The second kappa shape index (κ2) is 11.7. The van der Waals surface area contributed by atoms with Crippen molar-refractivity contribution in [3.05, 3.63) is 71.8 Å². The van der Waals surface area contributed by atoms with Crippen LogP contribution >= 0.6 is 24.0 Å². The van der Waals surface area contributed by atoms with Crippen molar-refractivity contribution in [3.8, 4) is 0 Å². The van der Waals surface area contributed by atoms with E-state index in [0.717, 1.165) is 37.4 Å². The molecule has 2 aromatic rings. The van der Waals surface area contributed by atoms with E-state index in [-0.39, 0.29) is 24.0 Å². The van der Waals surface area contributed by atoms with Crippen LogP contribution in [-0.4, -0.2) is 50.1 Å². The van der Waals surface area contributed by atoms with Gasteiger partial charge in [-0.15, -0.1) is 24.0 Å². The molecule has 1 saturated carbocycles. The molecule has 2 fully saturated rings. The number of hydrogen-bond donors (Lipinski definition) is 2. The van der Waals surface area contributed by atoms with Crippen LogP contribution in [0.5, 0.6) is 0 Å². The molecule has 2 aliphatic rings. The molecule has 1 heterocycles. The van der Waals surface area contributed by atoms with Crippen molar-refractivity contribution in [2.45, 2.75) is 37.6 Å². The third-order valence-corrected chi connectivity index (χ3v) is 6.27. The summed E-state index contributed by atoms with van der Waals surface area (Å²) in [5, 5.41) is 7.16. The molecule has 5 heteroatoms. The third-order valence-electron chi connectivity index (χ3n) is 6.27. The van der Waals surface area contributed by atoms with Gasteiger partial charge >= 0.3 is 0 Å². The number of guanidine groups is 1. The number of aliphatic imine (C=N–C) groups is 1. The van der Waals surface area contributed by atoms with Gasteiger partial charge in [-0.2, -0.15) is 0 Å². The Morgan fingerprint density at radius 1 is 1.00 bits per heavy atom. The predicted molar refractivity (Wildman–Crippen MR) is 137 cm³/mol. The zero-order valence-electron chi connectivity index (χ0n) is 18.0. The Kier molecular flexibility index (Phi) is 9.00. The summed E-state index contributed by atoms with van der Waals surface area (Å²) in [7, 11) is 1.87. The van der Waals surface area contributed by atoms with E-state index in [1.165, 1.54) is 43.5 Å². The Morgan fingerprint density at radius 2 is 1.70 bits per heavy atom. The van der Waals surface area contributed by atoms with Crippen LogP contribution in [0.2, 0.25) is 0 Å². The van der Waals surface area contributed by atoms with Crippen LogP contribution in [0.25, 0.3) is 0 Å². The lowest BCUT2D eigenvalue weighted by molar-refractivity contribution is 0.314. The van der Waals surface area contributed by atoms with E-state index in [1.807, 2.05) is 7.05 Å². The van der Waals surface area contributed by atoms with Crippen molar-refractivity contribution < 1.29 is 0 Å². The Morgan fingerprint density at radius 3 is 2.37 bits per heavy atom. The highest BCUT2D eigenvalue weighted by atomic mass is 127. The van der Waals surface area contributed by atoms with Gasteiger partial charge in [0.2, 0.25) is 0 Å². The molecule has 2 N–H and O–H groups in total. The average molecular weight is 518 g/mol. The lowest BCUT2D eigenvalue weighted by Crippen LogP contribution is -2.42. The second-order valence-electron chi connectivity index (χ2n) is 8.51. The molecule has 1 aliphatic heterocycles. The van der Waals surface area contributed by atoms with E-state index in [0.29, 0.717) is 5.92 Å². The molecule has 4 rings (SSSR count). The van der Waals surface area contributed by atoms with Crippen LogP contribution in [0.1, 0.15) is 36.3 Å². The van der Waals surface area contributed by atoms with E-state index in [4.69, 9.17) is 0 Å². The fraction of sp³-hybridized carbons (Fsp3) is 0.480. The largest absolute Gasteiger partial charge is 0.356 e. The van der Waals surface area contributed by atoms with Gasteiger partial charge in [-0.1, -0.05) is 60.7 Å². The number of nitrogens with one attached hydrogen (secondary N) is 2. The molecule has 1 aliphatic carbocycles. The highest BCUT2D eigenvalue weighted by Gasteiger charge is 2.34. The number of nitrogens with zero attached hydrogens (tertiary/aromatic N) is 2. The molecule has 2 unspecified atom stereocenters. The zero-order valence-corrected chi connectivity index (χ0v) is 20.3. The normalized spacial score (nSPS) is 20.4. The Bertz CT molecular complexity index is 776. The minimum Gasteiger partial charge on any atom is -0.356 e. The maximum absolute atomic E-state index is 4.47. The van der Waals surface area contributed by atoms with E-state index >= 15 is 0 Å². The molecular weight excluding hydrogens is 483 g/mol. The highest BCUT2D eigenvalue weighted by molar-refractivity contribution is 14.0. The molecule has 4 nitrogen and oxygen atoms in total. The molecule has 0 radical (unpaired) electrons. The van der Waals surface area contributed by atoms with Crippen LogP contribution in [0.3, 0.4) is 0 Å². The third kappa shape index (κ3) is 6.71. The van der Waals surface area contributed by atoms with Crippen LogP contribution in [0.15, 0.2) is 65.7 Å². The zero-order chi connectivity index (χ0) is 19.9. The molecule has 162 valence electrons. The van der Waals surface area contributed by atoms with Gasteiger partial charge in [0.05, 0.1) is 0 Å². The first-order valence-electron chi connectivity index (χ1n) is 11.1. The summed E-state index contributed by atoms with van der Waals surface area (Å²) in [5.74, 6) is 2.07. The standard InChI is InChI=1S/C25H34N4.HI/c1-26-25(27-17-21-14-15-29(19-21)24-12-13-24)28-18-23(22-10-6-3-7-11-22)16-20-8-4-2-5-9-20;/h2-11,21,23-24H,12-19H2,1H3,(H2,26,27,28);1H. The van der Waals surface area contributed by atoms with Crippen LogP contribution in [0, 0.1) is 5.92 Å². The summed E-state index contributed by atoms with van der Waals surface area (Å²) < 4.78 is 0. The minimum absolute atomic E-state index is 0. The number of benzene rings is 2. The van der Waals surface area contributed by atoms with Gasteiger partial charge in [-0.3, -0.25) is 4.99 Å². The number of rotatable bonds is 8. The smallest absolute Gasteiger partial charge is 0.191 e. The number of hydrogen-bond acceptors (Lipinski definition) is 2. The topological polar surface area (TPSA) is 39.7 Å². The monoisotopic (exact) mass is 518 g/mol. The van der Waals surface area contributed by atoms with Crippen molar-refractivity contribution in [1.82, 2.24) is 15.5 Å². The molecule has 0 aromatic heterocycles. The van der Waals surface area contributed by atoms with Gasteiger partial charge in [-0.25, -0.2) is 0 Å². The first kappa shape index (κ1) is 23.1. The molecule has 2 aromatic carbocycles. The van der Waals surface area contributed by atoms with Crippen molar-refractivity contribution in [3.63, 3.8) is 0 Å². The maximum atomic E-state index is 4.47. The van der Waals surface area contributed by atoms with Crippen molar-refractivity contribution >= 4 is 29.9 Å². The van der Waals surface area contributed by atoms with E-state index in [9.17, 15) is 0 Å². The molecule has 0 bridgehead atoms. The van der Waals surface area contributed by atoms with Crippen molar-refractivity contribution in [2.75, 3.05) is 33.2 Å². The van der Waals surface area contributed by atoms with Gasteiger partial charge in [0.25, 0.3) is 0 Å². The highest BCUT2D eigenvalue weighted by Crippen LogP contribution is 2.31. The lowest BCUT2D eigenvalue weighted by atomic mass is 9.92. The Hall–Kier alpha value is -1.60. The predicted octanol–water partition coefficient (Wildman–Crippen LogP) is 4.28. The minimum atomic E-state index is 0. The van der Waals surface area contributed by atoms with Crippen molar-refractivity contribution in [2.24, 2.45) is 10.9 Å². The summed E-state index contributed by atoms with van der Waals surface area (Å²) in [5.41, 5.74) is 2.74. The Labute approximate surface area is 198 Å². The van der Waals surface area contributed by atoms with Crippen molar-refractivity contribution in [1.29, 1.82) is 0 Å². The average Bonchev–Trinajstić information content (AvgIpc) is 3.52. The summed E-state index contributed by atoms with van der Waals surface area (Å²) in [6.45, 7) is 4.40. The molecule has 2 atom stereocenters. The van der Waals surface area contributed by atoms with Crippen LogP contribution in [0.4, 0.5) is 0 Å². The number of likely N-dealkylation sites (tertiary alicyclic amines) is 1. The maximum Gasteiger partial charge on any atom is 0.191 e. The Balaban J connectivity index is 0.00000256. The van der Waals surface area contributed by atoms with E-state index < -0.39 is 0 Å². The summed E-state index contributed by atoms with van der Waals surface area (Å²) >= 11 is 0. The van der Waals surface area contributed by atoms with Gasteiger partial charge in [0, 0.05) is 38.6 Å². The lowest BCUT2D eigenvalue weighted by Gasteiger charge is -2.21. The first-order valence-corrected chi connectivity index (χ1v) is 11.1. The molecule has 30 heavy (non-hydrogen) atoms. The summed E-state index contributed by atoms with van der Waals surface area (Å²) in [4.78, 5) is 7.14. The van der Waals surface area contributed by atoms with E-state index in [1.54, 1.807) is 0 Å². The molecule has 1 saturated heterocycles. The van der Waals surface area contributed by atoms with Gasteiger partial charge < -0.3 is 15.5 Å². The van der Waals surface area contributed by atoms with Crippen LogP contribution < -0.4 is 10.6 Å². The quantitative estimate of drug-likeness (QED) is 0.312. The van der Waals surface area contributed by atoms with Gasteiger partial charge in [0.15, 0.2) is 5.96 Å². The SMILES string of the molecule is CN=C(NCC1CCN(C2CC2)C1)NCC(Cc1ccccc1)c1ccccc1.I. The molecule has 0 amide bonds. The van der Waals surface area contributed by atoms with Gasteiger partial charge in [0.1, 0.15) is 0 Å². The second-order valence-corrected chi connectivity index (χ2v) is 8.51. The first-order chi connectivity index (χ1) is 14.3. The summed E-state index contributed by atoms with van der Waals surface area (Å²) in [6, 6.07) is 22.5. The summed E-state index contributed by atoms with van der Waals surface area (Å²) in [6.07, 6.45) is 5.15. The van der Waals surface area contributed by atoms with E-state index in [2.05, 4.69) is 81.2 Å². The van der Waals surface area contributed by atoms with Crippen LogP contribution in [-0.2, 0) is 6.42 Å². The number of halogens is 1.